The SMILES string of the molecule is CN(CCOc1ccccc1F)CC(=O)Nc1cc(Cl)ccc1Cl. The summed E-state index contributed by atoms with van der Waals surface area (Å²) in [6, 6.07) is 11.0. The van der Waals surface area contributed by atoms with E-state index in [9.17, 15) is 9.18 Å². The average molecular weight is 371 g/mol. The number of hydrogen-bond acceptors (Lipinski definition) is 3. The average Bonchev–Trinajstić information content (AvgIpc) is 2.52. The third-order valence-electron chi connectivity index (χ3n) is 3.18. The Kier molecular flexibility index (Phi) is 6.85. The molecule has 0 saturated heterocycles. The lowest BCUT2D eigenvalue weighted by Gasteiger charge is -2.17. The summed E-state index contributed by atoms with van der Waals surface area (Å²) in [7, 11) is 1.77. The van der Waals surface area contributed by atoms with Crippen molar-refractivity contribution in [3.8, 4) is 5.75 Å². The number of para-hydroxylation sites is 1. The highest BCUT2D eigenvalue weighted by Crippen LogP contribution is 2.25. The fourth-order valence-corrected chi connectivity index (χ4v) is 2.32. The normalized spacial score (nSPS) is 10.7. The molecule has 0 aliphatic carbocycles. The van der Waals surface area contributed by atoms with Gasteiger partial charge in [0.15, 0.2) is 11.6 Å². The summed E-state index contributed by atoms with van der Waals surface area (Å²) < 4.78 is 18.8. The van der Waals surface area contributed by atoms with Gasteiger partial charge in [0, 0.05) is 11.6 Å². The summed E-state index contributed by atoms with van der Waals surface area (Å²) in [4.78, 5) is 13.8. The molecule has 0 aliphatic rings. The molecule has 7 heteroatoms. The summed E-state index contributed by atoms with van der Waals surface area (Å²) in [5.41, 5.74) is 0.463. The van der Waals surface area contributed by atoms with E-state index in [4.69, 9.17) is 27.9 Å². The molecule has 0 saturated carbocycles. The number of carbonyl (C=O) groups excluding carboxylic acids is 1. The van der Waals surface area contributed by atoms with Gasteiger partial charge in [0.25, 0.3) is 0 Å². The van der Waals surface area contributed by atoms with Gasteiger partial charge in [-0.05, 0) is 37.4 Å². The predicted octanol–water partition coefficient (Wildman–Crippen LogP) is 4.08. The summed E-state index contributed by atoms with van der Waals surface area (Å²) in [6.45, 7) is 0.872. The molecule has 2 aromatic carbocycles. The number of benzene rings is 2. The highest BCUT2D eigenvalue weighted by Gasteiger charge is 2.10. The first kappa shape index (κ1) is 18.5. The minimum absolute atomic E-state index is 0.142. The molecule has 0 bridgehead atoms. The largest absolute Gasteiger partial charge is 0.489 e. The summed E-state index contributed by atoms with van der Waals surface area (Å²) in [5, 5.41) is 3.60. The van der Waals surface area contributed by atoms with E-state index in [2.05, 4.69) is 5.32 Å². The first-order chi connectivity index (χ1) is 11.5. The topological polar surface area (TPSA) is 41.6 Å². The van der Waals surface area contributed by atoms with Gasteiger partial charge in [-0.2, -0.15) is 0 Å². The molecule has 0 unspecified atom stereocenters. The number of likely N-dealkylation sites (N-methyl/N-ethyl adjacent to an activating group) is 1. The standard InChI is InChI=1S/C17H17Cl2FN2O2/c1-22(8-9-24-16-5-3-2-4-14(16)20)11-17(23)21-15-10-12(18)6-7-13(15)19/h2-7,10H,8-9,11H2,1H3,(H,21,23). The van der Waals surface area contributed by atoms with Gasteiger partial charge in [-0.15, -0.1) is 0 Å². The molecule has 24 heavy (non-hydrogen) atoms. The highest BCUT2D eigenvalue weighted by molar-refractivity contribution is 6.35. The van der Waals surface area contributed by atoms with E-state index < -0.39 is 5.82 Å². The van der Waals surface area contributed by atoms with Crippen molar-refractivity contribution >= 4 is 34.8 Å². The summed E-state index contributed by atoms with van der Waals surface area (Å²) >= 11 is 11.9. The minimum atomic E-state index is -0.409. The number of amides is 1. The highest BCUT2D eigenvalue weighted by atomic mass is 35.5. The fourth-order valence-electron chi connectivity index (χ4n) is 1.98. The van der Waals surface area contributed by atoms with Gasteiger partial charge >= 0.3 is 0 Å². The molecule has 0 aliphatic heterocycles. The van der Waals surface area contributed by atoms with Crippen LogP contribution < -0.4 is 10.1 Å². The number of halogens is 3. The van der Waals surface area contributed by atoms with Gasteiger partial charge < -0.3 is 10.1 Å². The second-order valence-corrected chi connectivity index (χ2v) is 6.03. The Morgan fingerprint density at radius 3 is 2.75 bits per heavy atom. The molecule has 4 nitrogen and oxygen atoms in total. The van der Waals surface area contributed by atoms with E-state index in [0.717, 1.165) is 0 Å². The van der Waals surface area contributed by atoms with E-state index in [-0.39, 0.29) is 24.8 Å². The van der Waals surface area contributed by atoms with Crippen molar-refractivity contribution in [3.63, 3.8) is 0 Å². The van der Waals surface area contributed by atoms with Gasteiger partial charge in [0.1, 0.15) is 6.61 Å². The Morgan fingerprint density at radius 1 is 1.25 bits per heavy atom. The van der Waals surface area contributed by atoms with Gasteiger partial charge in [-0.3, -0.25) is 9.69 Å². The molecule has 0 spiro atoms. The Hall–Kier alpha value is -1.82. The molecule has 1 amide bonds. The molecule has 0 atom stereocenters. The molecular formula is C17H17Cl2FN2O2. The first-order valence-electron chi connectivity index (χ1n) is 7.26. The smallest absolute Gasteiger partial charge is 0.238 e. The maximum Gasteiger partial charge on any atom is 0.238 e. The van der Waals surface area contributed by atoms with Gasteiger partial charge in [-0.1, -0.05) is 35.3 Å². The van der Waals surface area contributed by atoms with E-state index in [1.54, 1.807) is 48.3 Å². The monoisotopic (exact) mass is 370 g/mol. The number of anilines is 1. The van der Waals surface area contributed by atoms with Crippen LogP contribution in [0.4, 0.5) is 10.1 Å². The van der Waals surface area contributed by atoms with Crippen LogP contribution in [0.5, 0.6) is 5.75 Å². The molecule has 0 radical (unpaired) electrons. The van der Waals surface area contributed by atoms with Crippen molar-refractivity contribution < 1.29 is 13.9 Å². The lowest BCUT2D eigenvalue weighted by atomic mass is 10.3. The molecule has 0 aromatic heterocycles. The molecule has 2 aromatic rings. The Bertz CT molecular complexity index is 713. The number of carbonyl (C=O) groups is 1. The Labute approximate surface area is 150 Å². The molecule has 128 valence electrons. The van der Waals surface area contributed by atoms with Crippen LogP contribution in [0.15, 0.2) is 42.5 Å². The van der Waals surface area contributed by atoms with Gasteiger partial charge in [-0.25, -0.2) is 4.39 Å². The first-order valence-corrected chi connectivity index (χ1v) is 8.02. The lowest BCUT2D eigenvalue weighted by molar-refractivity contribution is -0.117. The van der Waals surface area contributed by atoms with Gasteiger partial charge in [0.2, 0.25) is 5.91 Å². The summed E-state index contributed by atoms with van der Waals surface area (Å²) in [5.74, 6) is -0.442. The number of rotatable bonds is 7. The van der Waals surface area contributed by atoms with Crippen molar-refractivity contribution in [1.29, 1.82) is 0 Å². The summed E-state index contributed by atoms with van der Waals surface area (Å²) in [6.07, 6.45) is 0. The lowest BCUT2D eigenvalue weighted by Crippen LogP contribution is -2.33. The molecular weight excluding hydrogens is 354 g/mol. The van der Waals surface area contributed by atoms with Gasteiger partial charge in [0.05, 0.1) is 17.3 Å². The van der Waals surface area contributed by atoms with Crippen molar-refractivity contribution in [2.45, 2.75) is 0 Å². The Balaban J connectivity index is 1.77. The van der Waals surface area contributed by atoms with Crippen LogP contribution in [-0.4, -0.2) is 37.6 Å². The quantitative estimate of drug-likeness (QED) is 0.798. The second kappa shape index (κ2) is 8.87. The third kappa shape index (κ3) is 5.67. The van der Waals surface area contributed by atoms with E-state index in [0.29, 0.717) is 22.3 Å². The number of ether oxygens (including phenoxy) is 1. The number of hydrogen-bond donors (Lipinski definition) is 1. The fraction of sp³-hybridized carbons (Fsp3) is 0.235. The number of nitrogens with one attached hydrogen (secondary N) is 1. The molecule has 1 N–H and O–H groups in total. The van der Waals surface area contributed by atoms with Crippen LogP contribution in [0.1, 0.15) is 0 Å². The van der Waals surface area contributed by atoms with Crippen molar-refractivity contribution in [2.75, 3.05) is 32.1 Å². The zero-order valence-corrected chi connectivity index (χ0v) is 14.6. The molecule has 2 rings (SSSR count). The van der Waals surface area contributed by atoms with Crippen LogP contribution >= 0.6 is 23.2 Å². The van der Waals surface area contributed by atoms with Crippen molar-refractivity contribution in [1.82, 2.24) is 4.90 Å². The van der Waals surface area contributed by atoms with Crippen LogP contribution in [-0.2, 0) is 4.79 Å². The zero-order valence-electron chi connectivity index (χ0n) is 13.1. The molecule has 0 heterocycles. The van der Waals surface area contributed by atoms with E-state index in [1.165, 1.54) is 6.07 Å². The van der Waals surface area contributed by atoms with E-state index >= 15 is 0 Å². The van der Waals surface area contributed by atoms with Crippen LogP contribution in [0.25, 0.3) is 0 Å². The van der Waals surface area contributed by atoms with Crippen LogP contribution in [0.2, 0.25) is 10.0 Å². The van der Waals surface area contributed by atoms with Crippen molar-refractivity contribution in [3.05, 3.63) is 58.3 Å². The van der Waals surface area contributed by atoms with Crippen LogP contribution in [0.3, 0.4) is 0 Å². The zero-order chi connectivity index (χ0) is 17.5. The molecule has 0 fully saturated rings. The third-order valence-corrected chi connectivity index (χ3v) is 3.75. The van der Waals surface area contributed by atoms with E-state index in [1.807, 2.05) is 0 Å². The Morgan fingerprint density at radius 2 is 2.00 bits per heavy atom. The number of nitrogens with zero attached hydrogens (tertiary/aromatic N) is 1. The van der Waals surface area contributed by atoms with Crippen LogP contribution in [0, 0.1) is 5.82 Å². The maximum absolute atomic E-state index is 13.4. The minimum Gasteiger partial charge on any atom is -0.489 e. The second-order valence-electron chi connectivity index (χ2n) is 5.19. The van der Waals surface area contributed by atoms with Crippen molar-refractivity contribution in [2.24, 2.45) is 0 Å². The predicted molar refractivity (Wildman–Crippen MR) is 94.5 cm³/mol. The maximum atomic E-state index is 13.4.